The molecule has 0 N–H and O–H groups in total. The third-order valence-electron chi connectivity index (χ3n) is 3.01. The van der Waals surface area contributed by atoms with Gasteiger partial charge in [0.15, 0.2) is 0 Å². The molecule has 0 saturated carbocycles. The van der Waals surface area contributed by atoms with Crippen molar-refractivity contribution in [2.24, 2.45) is 7.05 Å². The standard InChI is InChI=1S/C12H16ClN3O/c1-9-10(12(13)15(2)14-9)5-6-11(17)16-7-3-4-8-16/h5-6H,3-4,7-8H2,1-2H3/b6-5+. The lowest BCUT2D eigenvalue weighted by Gasteiger charge is -2.11. The Balaban J connectivity index is 2.11. The summed E-state index contributed by atoms with van der Waals surface area (Å²) >= 11 is 6.08. The Morgan fingerprint density at radius 2 is 2.06 bits per heavy atom. The first-order valence-corrected chi connectivity index (χ1v) is 6.13. The van der Waals surface area contributed by atoms with E-state index in [1.165, 1.54) is 0 Å². The molecule has 1 saturated heterocycles. The van der Waals surface area contributed by atoms with Gasteiger partial charge in [0.25, 0.3) is 0 Å². The fourth-order valence-electron chi connectivity index (χ4n) is 2.03. The Kier molecular flexibility index (Phi) is 3.52. The summed E-state index contributed by atoms with van der Waals surface area (Å²) in [7, 11) is 1.79. The summed E-state index contributed by atoms with van der Waals surface area (Å²) in [6, 6.07) is 0. The molecule has 0 bridgehead atoms. The molecule has 1 amide bonds. The maximum absolute atomic E-state index is 11.8. The van der Waals surface area contributed by atoms with Crippen molar-refractivity contribution in [3.05, 3.63) is 22.5 Å². The van der Waals surface area contributed by atoms with Crippen molar-refractivity contribution in [1.82, 2.24) is 14.7 Å². The van der Waals surface area contributed by atoms with Crippen LogP contribution in [0.1, 0.15) is 24.1 Å². The van der Waals surface area contributed by atoms with Crippen LogP contribution in [0.25, 0.3) is 6.08 Å². The maximum Gasteiger partial charge on any atom is 0.246 e. The molecular formula is C12H16ClN3O. The second-order valence-electron chi connectivity index (χ2n) is 4.28. The highest BCUT2D eigenvalue weighted by Gasteiger charge is 2.16. The third kappa shape index (κ3) is 2.52. The summed E-state index contributed by atoms with van der Waals surface area (Å²) in [6.45, 7) is 3.61. The van der Waals surface area contributed by atoms with Crippen molar-refractivity contribution < 1.29 is 4.79 Å². The molecule has 0 aliphatic carbocycles. The highest BCUT2D eigenvalue weighted by atomic mass is 35.5. The number of halogens is 1. The molecule has 2 rings (SSSR count). The average molecular weight is 254 g/mol. The van der Waals surface area contributed by atoms with E-state index in [4.69, 9.17) is 11.6 Å². The predicted octanol–water partition coefficient (Wildman–Crippen LogP) is 2.02. The SMILES string of the molecule is Cc1nn(C)c(Cl)c1/C=C/C(=O)N1CCCC1. The first kappa shape index (κ1) is 12.2. The van der Waals surface area contributed by atoms with Gasteiger partial charge in [0, 0.05) is 31.8 Å². The minimum Gasteiger partial charge on any atom is -0.339 e. The van der Waals surface area contributed by atoms with Gasteiger partial charge >= 0.3 is 0 Å². The molecular weight excluding hydrogens is 238 g/mol. The van der Waals surface area contributed by atoms with E-state index in [9.17, 15) is 4.79 Å². The molecule has 4 nitrogen and oxygen atoms in total. The molecule has 0 atom stereocenters. The van der Waals surface area contributed by atoms with E-state index in [-0.39, 0.29) is 5.91 Å². The number of hydrogen-bond donors (Lipinski definition) is 0. The number of carbonyl (C=O) groups excluding carboxylic acids is 1. The van der Waals surface area contributed by atoms with Crippen LogP contribution < -0.4 is 0 Å². The highest BCUT2D eigenvalue weighted by molar-refractivity contribution is 6.31. The van der Waals surface area contributed by atoms with Crippen molar-refractivity contribution in [2.45, 2.75) is 19.8 Å². The van der Waals surface area contributed by atoms with E-state index >= 15 is 0 Å². The van der Waals surface area contributed by atoms with E-state index < -0.39 is 0 Å². The van der Waals surface area contributed by atoms with E-state index in [2.05, 4.69) is 5.10 Å². The van der Waals surface area contributed by atoms with Crippen LogP contribution in [0, 0.1) is 6.92 Å². The lowest BCUT2D eigenvalue weighted by molar-refractivity contribution is -0.124. The zero-order valence-corrected chi connectivity index (χ0v) is 10.9. The Hall–Kier alpha value is -1.29. The van der Waals surface area contributed by atoms with Gasteiger partial charge in [-0.25, -0.2) is 0 Å². The predicted molar refractivity (Wildman–Crippen MR) is 67.8 cm³/mol. The zero-order valence-electron chi connectivity index (χ0n) is 10.1. The number of aromatic nitrogens is 2. The molecule has 2 heterocycles. The van der Waals surface area contributed by atoms with Gasteiger partial charge in [-0.2, -0.15) is 5.10 Å². The van der Waals surface area contributed by atoms with Gasteiger partial charge in [-0.05, 0) is 25.8 Å². The number of nitrogens with zero attached hydrogens (tertiary/aromatic N) is 3. The molecule has 1 fully saturated rings. The minimum atomic E-state index is 0.0572. The van der Waals surface area contributed by atoms with Gasteiger partial charge in [0.2, 0.25) is 5.91 Å². The van der Waals surface area contributed by atoms with E-state index in [0.29, 0.717) is 5.15 Å². The van der Waals surface area contributed by atoms with Crippen LogP contribution in [-0.2, 0) is 11.8 Å². The lowest BCUT2D eigenvalue weighted by Crippen LogP contribution is -2.25. The Morgan fingerprint density at radius 1 is 1.41 bits per heavy atom. The molecule has 0 aromatic carbocycles. The smallest absolute Gasteiger partial charge is 0.246 e. The van der Waals surface area contributed by atoms with Crippen molar-refractivity contribution in [1.29, 1.82) is 0 Å². The van der Waals surface area contributed by atoms with Crippen LogP contribution in [0.3, 0.4) is 0 Å². The molecule has 1 aliphatic rings. The van der Waals surface area contributed by atoms with Gasteiger partial charge in [0.1, 0.15) is 5.15 Å². The molecule has 0 unspecified atom stereocenters. The van der Waals surface area contributed by atoms with Crippen molar-refractivity contribution in [3.8, 4) is 0 Å². The molecule has 1 aliphatic heterocycles. The molecule has 92 valence electrons. The molecule has 0 radical (unpaired) electrons. The number of aryl methyl sites for hydroxylation is 2. The lowest BCUT2D eigenvalue weighted by atomic mass is 10.2. The summed E-state index contributed by atoms with van der Waals surface area (Å²) in [4.78, 5) is 13.7. The minimum absolute atomic E-state index is 0.0572. The second-order valence-corrected chi connectivity index (χ2v) is 4.64. The summed E-state index contributed by atoms with van der Waals surface area (Å²) in [5, 5.41) is 4.76. The normalized spacial score (nSPS) is 16.1. The van der Waals surface area contributed by atoms with Crippen molar-refractivity contribution in [2.75, 3.05) is 13.1 Å². The Labute approximate surface area is 106 Å². The van der Waals surface area contributed by atoms with Crippen LogP contribution in [0.15, 0.2) is 6.08 Å². The second kappa shape index (κ2) is 4.92. The van der Waals surface area contributed by atoms with Crippen LogP contribution in [0.2, 0.25) is 5.15 Å². The fourth-order valence-corrected chi connectivity index (χ4v) is 2.27. The fraction of sp³-hybridized carbons (Fsp3) is 0.500. The van der Waals surface area contributed by atoms with Crippen LogP contribution in [0.4, 0.5) is 0 Å². The topological polar surface area (TPSA) is 38.1 Å². The van der Waals surface area contributed by atoms with Gasteiger partial charge in [0.05, 0.1) is 5.69 Å². The largest absolute Gasteiger partial charge is 0.339 e. The maximum atomic E-state index is 11.8. The molecule has 0 spiro atoms. The first-order chi connectivity index (χ1) is 8.09. The van der Waals surface area contributed by atoms with Crippen LogP contribution in [0.5, 0.6) is 0 Å². The van der Waals surface area contributed by atoms with Gasteiger partial charge in [-0.1, -0.05) is 11.6 Å². The van der Waals surface area contributed by atoms with E-state index in [1.54, 1.807) is 23.9 Å². The number of likely N-dealkylation sites (tertiary alicyclic amines) is 1. The molecule has 1 aromatic rings. The monoisotopic (exact) mass is 253 g/mol. The molecule has 5 heteroatoms. The summed E-state index contributed by atoms with van der Waals surface area (Å²) < 4.78 is 1.61. The van der Waals surface area contributed by atoms with Crippen LogP contribution in [-0.4, -0.2) is 33.7 Å². The van der Waals surface area contributed by atoms with Crippen LogP contribution >= 0.6 is 11.6 Å². The summed E-state index contributed by atoms with van der Waals surface area (Å²) in [5.74, 6) is 0.0572. The van der Waals surface area contributed by atoms with Crippen molar-refractivity contribution in [3.63, 3.8) is 0 Å². The number of amides is 1. The van der Waals surface area contributed by atoms with E-state index in [0.717, 1.165) is 37.2 Å². The number of rotatable bonds is 2. The first-order valence-electron chi connectivity index (χ1n) is 5.75. The van der Waals surface area contributed by atoms with Gasteiger partial charge < -0.3 is 4.90 Å². The van der Waals surface area contributed by atoms with E-state index in [1.807, 2.05) is 11.8 Å². The zero-order chi connectivity index (χ0) is 12.4. The van der Waals surface area contributed by atoms with Crippen molar-refractivity contribution >= 4 is 23.6 Å². The average Bonchev–Trinajstić information content (AvgIpc) is 2.88. The summed E-state index contributed by atoms with van der Waals surface area (Å²) in [5.41, 5.74) is 1.66. The van der Waals surface area contributed by atoms with Gasteiger partial charge in [-0.15, -0.1) is 0 Å². The molecule has 1 aromatic heterocycles. The Bertz CT molecular complexity index is 459. The highest BCUT2D eigenvalue weighted by Crippen LogP contribution is 2.20. The number of hydrogen-bond acceptors (Lipinski definition) is 2. The number of carbonyl (C=O) groups is 1. The Morgan fingerprint density at radius 3 is 2.59 bits per heavy atom. The van der Waals surface area contributed by atoms with Gasteiger partial charge in [-0.3, -0.25) is 9.48 Å². The quantitative estimate of drug-likeness (QED) is 0.757. The summed E-state index contributed by atoms with van der Waals surface area (Å²) in [6.07, 6.45) is 5.55. The third-order valence-corrected chi connectivity index (χ3v) is 3.45. The molecule has 17 heavy (non-hydrogen) atoms.